The molecule has 0 N–H and O–H groups in total. The predicted molar refractivity (Wildman–Crippen MR) is 123 cm³/mol. The molecule has 0 aliphatic heterocycles. The van der Waals surface area contributed by atoms with E-state index in [9.17, 15) is 0 Å². The summed E-state index contributed by atoms with van der Waals surface area (Å²) in [6, 6.07) is 19.1. The van der Waals surface area contributed by atoms with Crippen LogP contribution in [0.25, 0.3) is 72.4 Å². The minimum atomic E-state index is 0.914. The van der Waals surface area contributed by atoms with Gasteiger partial charge in [0.25, 0.3) is 0 Å². The lowest BCUT2D eigenvalue weighted by atomic mass is 10.0. The second-order valence-corrected chi connectivity index (χ2v) is 8.06. The van der Waals surface area contributed by atoms with Crippen molar-refractivity contribution in [3.63, 3.8) is 0 Å². The average molecular weight is 382 g/mol. The summed E-state index contributed by atoms with van der Waals surface area (Å²) in [6.45, 7) is 0. The molecule has 0 bridgehead atoms. The van der Waals surface area contributed by atoms with Gasteiger partial charge in [-0.25, -0.2) is 15.0 Å². The number of hydrogen-bond donors (Lipinski definition) is 0. The lowest BCUT2D eigenvalue weighted by molar-refractivity contribution is 1.27. The van der Waals surface area contributed by atoms with Crippen LogP contribution in [0.1, 0.15) is 12.0 Å². The molecule has 0 radical (unpaired) electrons. The number of allylic oxidation sites excluding steroid dienone is 1. The molecule has 4 nitrogen and oxygen atoms in total. The highest BCUT2D eigenvalue weighted by molar-refractivity contribution is 6.24. The quantitative estimate of drug-likeness (QED) is 0.360. The van der Waals surface area contributed by atoms with Gasteiger partial charge >= 0.3 is 0 Å². The molecule has 0 spiro atoms. The molecule has 138 valence electrons. The number of hydrogen-bond acceptors (Lipinski definition) is 3. The first-order chi connectivity index (χ1) is 14.9. The van der Waals surface area contributed by atoms with Gasteiger partial charge in [0, 0.05) is 27.1 Å². The summed E-state index contributed by atoms with van der Waals surface area (Å²) >= 11 is 0. The zero-order valence-corrected chi connectivity index (χ0v) is 15.9. The molecule has 3 aromatic carbocycles. The Morgan fingerprint density at radius 1 is 0.733 bits per heavy atom. The van der Waals surface area contributed by atoms with E-state index in [0.29, 0.717) is 0 Å². The number of fused-ring (bicyclic) bond motifs is 10. The number of rotatable bonds is 0. The van der Waals surface area contributed by atoms with Gasteiger partial charge in [-0.05, 0) is 30.7 Å². The molecule has 0 amide bonds. The lowest BCUT2D eigenvalue weighted by Gasteiger charge is -2.01. The molecule has 0 atom stereocenters. The highest BCUT2D eigenvalue weighted by Crippen LogP contribution is 2.39. The SMILES string of the molecule is C1=Cc2c(nc3cc4c(cc23)c2cccc3c5nc6ccccc6nc5n4c23)=CC1. The summed E-state index contributed by atoms with van der Waals surface area (Å²) in [7, 11) is 0. The fraction of sp³-hybridized carbons (Fsp3) is 0.0385. The van der Waals surface area contributed by atoms with Crippen molar-refractivity contribution in [1.82, 2.24) is 19.4 Å². The molecular formula is C26H14N4. The van der Waals surface area contributed by atoms with Gasteiger partial charge in [0.2, 0.25) is 0 Å². The van der Waals surface area contributed by atoms with Crippen LogP contribution in [0.5, 0.6) is 0 Å². The fourth-order valence-electron chi connectivity index (χ4n) is 5.17. The van der Waals surface area contributed by atoms with Gasteiger partial charge in [-0.2, -0.15) is 0 Å². The summed E-state index contributed by atoms with van der Waals surface area (Å²) in [5.41, 5.74) is 8.34. The Kier molecular flexibility index (Phi) is 2.44. The zero-order chi connectivity index (χ0) is 19.4. The van der Waals surface area contributed by atoms with Crippen LogP contribution in [0.2, 0.25) is 0 Å². The molecule has 8 rings (SSSR count). The van der Waals surface area contributed by atoms with Crippen LogP contribution in [0.15, 0.2) is 60.7 Å². The van der Waals surface area contributed by atoms with Crippen molar-refractivity contribution in [3.05, 3.63) is 71.6 Å². The first-order valence-corrected chi connectivity index (χ1v) is 10.2. The molecule has 0 unspecified atom stereocenters. The third-order valence-electron chi connectivity index (χ3n) is 6.46. The van der Waals surface area contributed by atoms with E-state index in [1.165, 1.54) is 27.2 Å². The van der Waals surface area contributed by atoms with Gasteiger partial charge in [-0.15, -0.1) is 0 Å². The number of aromatic nitrogens is 4. The number of para-hydroxylation sites is 3. The standard InChI is InChI=1S/C26H14N4/c1-2-9-19-14(6-1)17-12-18-15-7-5-8-16-24-26(29-21-11-4-3-10-20(21)28-24)30(25(15)16)23(18)13-22(17)27-19/h1,3-13H,2H2. The Morgan fingerprint density at radius 2 is 1.60 bits per heavy atom. The molecule has 4 aromatic heterocycles. The molecule has 1 aliphatic carbocycles. The van der Waals surface area contributed by atoms with E-state index in [0.717, 1.165) is 50.4 Å². The average Bonchev–Trinajstić information content (AvgIpc) is 3.42. The molecule has 0 saturated heterocycles. The van der Waals surface area contributed by atoms with Gasteiger partial charge in [-0.1, -0.05) is 48.6 Å². The van der Waals surface area contributed by atoms with Crippen LogP contribution in [0, 0.1) is 0 Å². The fourth-order valence-corrected chi connectivity index (χ4v) is 5.17. The van der Waals surface area contributed by atoms with E-state index >= 15 is 0 Å². The predicted octanol–water partition coefficient (Wildman–Crippen LogP) is 5.24. The largest absolute Gasteiger partial charge is 0.291 e. The zero-order valence-electron chi connectivity index (χ0n) is 15.9. The van der Waals surface area contributed by atoms with Crippen molar-refractivity contribution in [2.24, 2.45) is 0 Å². The van der Waals surface area contributed by atoms with E-state index < -0.39 is 0 Å². The van der Waals surface area contributed by atoms with Crippen LogP contribution in [0.4, 0.5) is 0 Å². The Morgan fingerprint density at radius 3 is 2.53 bits per heavy atom. The Labute approximate surface area is 170 Å². The molecule has 30 heavy (non-hydrogen) atoms. The van der Waals surface area contributed by atoms with Crippen LogP contribution < -0.4 is 5.35 Å². The van der Waals surface area contributed by atoms with Crippen LogP contribution >= 0.6 is 0 Å². The van der Waals surface area contributed by atoms with Crippen molar-refractivity contribution in [3.8, 4) is 0 Å². The van der Waals surface area contributed by atoms with Crippen molar-refractivity contribution < 1.29 is 0 Å². The summed E-state index contributed by atoms with van der Waals surface area (Å²) < 4.78 is 2.28. The normalized spacial score (nSPS) is 14.0. The molecule has 4 heterocycles. The van der Waals surface area contributed by atoms with Crippen LogP contribution in [-0.2, 0) is 0 Å². The maximum Gasteiger partial charge on any atom is 0.165 e. The monoisotopic (exact) mass is 382 g/mol. The van der Waals surface area contributed by atoms with E-state index in [-0.39, 0.29) is 0 Å². The molecule has 4 heteroatoms. The summed E-state index contributed by atoms with van der Waals surface area (Å²) in [5, 5.41) is 5.96. The molecule has 1 aliphatic rings. The molecule has 0 saturated carbocycles. The maximum absolute atomic E-state index is 5.03. The van der Waals surface area contributed by atoms with E-state index in [1.807, 2.05) is 24.3 Å². The van der Waals surface area contributed by atoms with Gasteiger partial charge < -0.3 is 0 Å². The van der Waals surface area contributed by atoms with Crippen molar-refractivity contribution in [2.45, 2.75) is 6.42 Å². The molecular weight excluding hydrogens is 368 g/mol. The van der Waals surface area contributed by atoms with Gasteiger partial charge in [0.15, 0.2) is 5.65 Å². The third kappa shape index (κ3) is 1.63. The van der Waals surface area contributed by atoms with Gasteiger partial charge in [0.1, 0.15) is 5.52 Å². The summed E-state index contributed by atoms with van der Waals surface area (Å²) in [6.07, 6.45) is 7.56. The van der Waals surface area contributed by atoms with Crippen molar-refractivity contribution >= 4 is 72.4 Å². The number of nitrogens with zero attached hydrogens (tertiary/aromatic N) is 4. The highest BCUT2D eigenvalue weighted by Gasteiger charge is 2.21. The van der Waals surface area contributed by atoms with Crippen molar-refractivity contribution in [2.75, 3.05) is 0 Å². The Balaban J connectivity index is 1.66. The van der Waals surface area contributed by atoms with E-state index in [2.05, 4.69) is 53.0 Å². The third-order valence-corrected chi connectivity index (χ3v) is 6.46. The van der Waals surface area contributed by atoms with Crippen LogP contribution in [-0.4, -0.2) is 19.4 Å². The Hall–Kier alpha value is -4.05. The van der Waals surface area contributed by atoms with E-state index in [4.69, 9.17) is 15.0 Å². The minimum absolute atomic E-state index is 0.914. The second kappa shape index (κ2) is 4.92. The van der Waals surface area contributed by atoms with Gasteiger partial charge in [0.05, 0.1) is 32.9 Å². The minimum Gasteiger partial charge on any atom is -0.291 e. The first kappa shape index (κ1) is 14.9. The Bertz CT molecular complexity index is 1920. The molecule has 0 fully saturated rings. The van der Waals surface area contributed by atoms with E-state index in [1.54, 1.807) is 0 Å². The maximum atomic E-state index is 5.03. The summed E-state index contributed by atoms with van der Waals surface area (Å²) in [5.74, 6) is 0. The summed E-state index contributed by atoms with van der Waals surface area (Å²) in [4.78, 5) is 14.9. The lowest BCUT2D eigenvalue weighted by Crippen LogP contribution is -2.05. The molecule has 7 aromatic rings. The topological polar surface area (TPSA) is 43.1 Å². The van der Waals surface area contributed by atoms with Crippen LogP contribution in [0.3, 0.4) is 0 Å². The first-order valence-electron chi connectivity index (χ1n) is 10.2. The smallest absolute Gasteiger partial charge is 0.165 e. The highest BCUT2D eigenvalue weighted by atomic mass is 15.0. The van der Waals surface area contributed by atoms with Gasteiger partial charge in [-0.3, -0.25) is 4.40 Å². The second-order valence-electron chi connectivity index (χ2n) is 8.06. The number of benzene rings is 3. The van der Waals surface area contributed by atoms with Crippen molar-refractivity contribution in [1.29, 1.82) is 0 Å².